The maximum Gasteiger partial charge on any atom is 0.285 e. The molecule has 1 N–H and O–H groups in total. The number of H-pyrrole nitrogens is 1. The summed E-state index contributed by atoms with van der Waals surface area (Å²) < 4.78 is 1.71. The normalized spacial score (nSPS) is 10.7. The molecule has 0 aromatic carbocycles. The topological polar surface area (TPSA) is 63.6 Å². The van der Waals surface area contributed by atoms with E-state index in [1.54, 1.807) is 42.9 Å². The molecular formula is C12H8N4OS. The molecule has 0 amide bonds. The minimum atomic E-state index is -0.248. The van der Waals surface area contributed by atoms with Crippen LogP contribution in [-0.2, 0) is 0 Å². The van der Waals surface area contributed by atoms with Crippen molar-refractivity contribution in [2.45, 2.75) is 0 Å². The predicted octanol–water partition coefficient (Wildman–Crippen LogP) is 1.84. The Morgan fingerprint density at radius 1 is 1.22 bits per heavy atom. The van der Waals surface area contributed by atoms with E-state index in [1.165, 1.54) is 4.57 Å². The van der Waals surface area contributed by atoms with E-state index in [0.29, 0.717) is 21.5 Å². The van der Waals surface area contributed by atoms with Crippen LogP contribution >= 0.6 is 12.2 Å². The van der Waals surface area contributed by atoms with Crippen LogP contribution in [0.2, 0.25) is 0 Å². The Kier molecular flexibility index (Phi) is 2.49. The first-order valence-corrected chi connectivity index (χ1v) is 5.68. The molecule has 0 aliphatic heterocycles. The van der Waals surface area contributed by atoms with Gasteiger partial charge in [0.05, 0.1) is 17.4 Å². The predicted molar refractivity (Wildman–Crippen MR) is 70.3 cm³/mol. The van der Waals surface area contributed by atoms with Gasteiger partial charge in [-0.05, 0) is 36.5 Å². The molecule has 0 spiro atoms. The molecule has 0 saturated carbocycles. The number of aromatic amines is 1. The summed E-state index contributed by atoms with van der Waals surface area (Å²) in [5.41, 5.74) is 1.36. The second-order valence-corrected chi connectivity index (χ2v) is 4.07. The molecule has 3 aromatic heterocycles. The maximum atomic E-state index is 12.3. The zero-order valence-corrected chi connectivity index (χ0v) is 10.0. The highest BCUT2D eigenvalue weighted by Crippen LogP contribution is 2.07. The molecule has 0 atom stereocenters. The number of aromatic nitrogens is 4. The number of nitrogens with zero attached hydrogens (tertiary/aromatic N) is 3. The zero-order valence-electron chi connectivity index (χ0n) is 9.20. The van der Waals surface area contributed by atoms with Crippen molar-refractivity contribution < 1.29 is 0 Å². The van der Waals surface area contributed by atoms with E-state index in [1.807, 2.05) is 0 Å². The fourth-order valence-electron chi connectivity index (χ4n) is 1.77. The lowest BCUT2D eigenvalue weighted by Crippen LogP contribution is -2.21. The molecule has 0 unspecified atom stereocenters. The van der Waals surface area contributed by atoms with Crippen molar-refractivity contribution in [1.82, 2.24) is 19.5 Å². The molecule has 0 bridgehead atoms. The highest BCUT2D eigenvalue weighted by molar-refractivity contribution is 7.71. The van der Waals surface area contributed by atoms with Gasteiger partial charge < -0.3 is 4.98 Å². The van der Waals surface area contributed by atoms with E-state index in [2.05, 4.69) is 15.0 Å². The number of hydrogen-bond acceptors (Lipinski definition) is 4. The standard InChI is InChI=1S/C12H8N4OS/c17-11-10-9(4-2-6-14-10)15-12(18)16(11)8-3-1-5-13-7-8/h1-7H,(H,15,18). The Bertz CT molecular complexity index is 823. The minimum Gasteiger partial charge on any atom is -0.330 e. The lowest BCUT2D eigenvalue weighted by atomic mass is 10.3. The third-order valence-electron chi connectivity index (χ3n) is 2.56. The van der Waals surface area contributed by atoms with E-state index in [-0.39, 0.29) is 5.56 Å². The molecule has 0 saturated heterocycles. The van der Waals surface area contributed by atoms with Crippen molar-refractivity contribution in [3.63, 3.8) is 0 Å². The van der Waals surface area contributed by atoms with Crippen LogP contribution < -0.4 is 5.56 Å². The van der Waals surface area contributed by atoms with Gasteiger partial charge in [-0.2, -0.15) is 0 Å². The average molecular weight is 256 g/mol. The smallest absolute Gasteiger partial charge is 0.285 e. The molecule has 3 aromatic rings. The Morgan fingerprint density at radius 2 is 2.06 bits per heavy atom. The second kappa shape index (κ2) is 4.15. The minimum absolute atomic E-state index is 0.248. The van der Waals surface area contributed by atoms with E-state index in [9.17, 15) is 4.79 Å². The van der Waals surface area contributed by atoms with Gasteiger partial charge in [0.1, 0.15) is 0 Å². The molecule has 0 radical (unpaired) electrons. The van der Waals surface area contributed by atoms with Gasteiger partial charge in [0, 0.05) is 12.4 Å². The molecule has 88 valence electrons. The van der Waals surface area contributed by atoms with Crippen LogP contribution in [-0.4, -0.2) is 19.5 Å². The van der Waals surface area contributed by atoms with Gasteiger partial charge in [-0.3, -0.25) is 9.78 Å². The van der Waals surface area contributed by atoms with Gasteiger partial charge >= 0.3 is 0 Å². The van der Waals surface area contributed by atoms with Gasteiger partial charge in [-0.25, -0.2) is 9.55 Å². The number of pyridine rings is 2. The zero-order chi connectivity index (χ0) is 12.5. The number of fused-ring (bicyclic) bond motifs is 1. The molecule has 0 aliphatic rings. The summed E-state index contributed by atoms with van der Waals surface area (Å²) in [4.78, 5) is 23.4. The summed E-state index contributed by atoms with van der Waals surface area (Å²) in [6.07, 6.45) is 4.80. The van der Waals surface area contributed by atoms with Crippen LogP contribution in [0.25, 0.3) is 16.7 Å². The van der Waals surface area contributed by atoms with Crippen molar-refractivity contribution >= 4 is 23.3 Å². The monoisotopic (exact) mass is 256 g/mol. The first-order chi connectivity index (χ1) is 8.77. The van der Waals surface area contributed by atoms with E-state index < -0.39 is 0 Å². The summed E-state index contributed by atoms with van der Waals surface area (Å²) >= 11 is 5.20. The van der Waals surface area contributed by atoms with Gasteiger partial charge in [0.15, 0.2) is 10.3 Å². The lowest BCUT2D eigenvalue weighted by molar-refractivity contribution is 0.925. The van der Waals surface area contributed by atoms with Gasteiger partial charge in [-0.15, -0.1) is 0 Å². The Labute approximate surface area is 107 Å². The molecular weight excluding hydrogens is 248 g/mol. The molecule has 3 rings (SSSR count). The molecule has 5 nitrogen and oxygen atoms in total. The summed E-state index contributed by atoms with van der Waals surface area (Å²) in [6.45, 7) is 0. The summed E-state index contributed by atoms with van der Waals surface area (Å²) in [7, 11) is 0. The Morgan fingerprint density at radius 3 is 2.83 bits per heavy atom. The molecule has 0 aliphatic carbocycles. The molecule has 3 heterocycles. The van der Waals surface area contributed by atoms with Crippen molar-refractivity contribution in [3.8, 4) is 5.69 Å². The van der Waals surface area contributed by atoms with E-state index in [0.717, 1.165) is 0 Å². The molecule has 6 heteroatoms. The van der Waals surface area contributed by atoms with Gasteiger partial charge in [0.25, 0.3) is 5.56 Å². The fourth-order valence-corrected chi connectivity index (χ4v) is 2.06. The Balaban J connectivity index is 2.45. The molecule has 18 heavy (non-hydrogen) atoms. The quantitative estimate of drug-likeness (QED) is 0.675. The van der Waals surface area contributed by atoms with Crippen molar-refractivity contribution in [2.75, 3.05) is 0 Å². The van der Waals surface area contributed by atoms with Gasteiger partial charge in [0.2, 0.25) is 0 Å². The Hall–Kier alpha value is -2.34. The van der Waals surface area contributed by atoms with Crippen molar-refractivity contribution in [2.24, 2.45) is 0 Å². The van der Waals surface area contributed by atoms with Gasteiger partial charge in [-0.1, -0.05) is 0 Å². The maximum absolute atomic E-state index is 12.3. The van der Waals surface area contributed by atoms with Crippen LogP contribution in [0, 0.1) is 4.77 Å². The number of nitrogens with one attached hydrogen (secondary N) is 1. The van der Waals surface area contributed by atoms with Crippen LogP contribution in [0.5, 0.6) is 0 Å². The van der Waals surface area contributed by atoms with Crippen LogP contribution in [0.15, 0.2) is 47.7 Å². The number of rotatable bonds is 1. The highest BCUT2D eigenvalue weighted by atomic mass is 32.1. The van der Waals surface area contributed by atoms with Crippen molar-refractivity contribution in [3.05, 3.63) is 58.0 Å². The van der Waals surface area contributed by atoms with E-state index in [4.69, 9.17) is 12.2 Å². The number of hydrogen-bond donors (Lipinski definition) is 1. The lowest BCUT2D eigenvalue weighted by Gasteiger charge is -2.06. The second-order valence-electron chi connectivity index (χ2n) is 3.68. The average Bonchev–Trinajstić information content (AvgIpc) is 2.40. The highest BCUT2D eigenvalue weighted by Gasteiger charge is 2.07. The molecule has 0 fully saturated rings. The largest absolute Gasteiger partial charge is 0.330 e. The van der Waals surface area contributed by atoms with Crippen molar-refractivity contribution in [1.29, 1.82) is 0 Å². The van der Waals surface area contributed by atoms with Crippen LogP contribution in [0.3, 0.4) is 0 Å². The van der Waals surface area contributed by atoms with Crippen LogP contribution in [0.4, 0.5) is 0 Å². The van der Waals surface area contributed by atoms with Crippen LogP contribution in [0.1, 0.15) is 0 Å². The summed E-state index contributed by atoms with van der Waals surface area (Å²) in [6, 6.07) is 7.04. The summed E-state index contributed by atoms with van der Waals surface area (Å²) in [5.74, 6) is 0. The van der Waals surface area contributed by atoms with E-state index >= 15 is 0 Å². The first-order valence-electron chi connectivity index (χ1n) is 5.28. The summed E-state index contributed by atoms with van der Waals surface area (Å²) in [5, 5.41) is 0. The fraction of sp³-hybridized carbons (Fsp3) is 0. The first kappa shape index (κ1) is 10.8. The third-order valence-corrected chi connectivity index (χ3v) is 2.85. The SMILES string of the molecule is O=c1c2ncccc2[nH]c(=S)n1-c1cccnc1. The third kappa shape index (κ3) is 1.63.